The number of hydrogen-bond donors (Lipinski definition) is 0. The van der Waals surface area contributed by atoms with Crippen molar-refractivity contribution in [2.45, 2.75) is 25.9 Å². The Bertz CT molecular complexity index is 1340. The summed E-state index contributed by atoms with van der Waals surface area (Å²) in [7, 11) is 0. The summed E-state index contributed by atoms with van der Waals surface area (Å²) in [6, 6.07) is 9.08. The molecule has 2 amide bonds. The number of benzene rings is 2. The van der Waals surface area contributed by atoms with Gasteiger partial charge in [0.05, 0.1) is 34.7 Å². The van der Waals surface area contributed by atoms with Crippen LogP contribution in [0.15, 0.2) is 45.6 Å². The predicted molar refractivity (Wildman–Crippen MR) is 111 cm³/mol. The van der Waals surface area contributed by atoms with Crippen LogP contribution in [0.1, 0.15) is 40.5 Å². The fourth-order valence-electron chi connectivity index (χ4n) is 3.99. The normalized spacial score (nSPS) is 17.8. The molecular weight excluding hydrogens is 416 g/mol. The molecule has 162 valence electrons. The molecule has 0 bridgehead atoms. The van der Waals surface area contributed by atoms with Gasteiger partial charge in [0.25, 0.3) is 11.8 Å². The SMILES string of the molecule is CC(=O)Oc1ccc2nc(-c3ccc4c(c3)C(=O)N(CC3CCCO3)C4=O)oc(=O)c2c1. The van der Waals surface area contributed by atoms with E-state index in [1.165, 1.54) is 36.1 Å². The van der Waals surface area contributed by atoms with Gasteiger partial charge in [0.1, 0.15) is 5.75 Å². The minimum atomic E-state index is -0.665. The molecule has 32 heavy (non-hydrogen) atoms. The Morgan fingerprint density at radius 3 is 2.69 bits per heavy atom. The lowest BCUT2D eigenvalue weighted by atomic mass is 10.1. The molecular formula is C23H18N2O7. The first-order valence-electron chi connectivity index (χ1n) is 10.2. The number of carbonyl (C=O) groups excluding carboxylic acids is 3. The fraction of sp³-hybridized carbons (Fsp3) is 0.261. The number of aromatic nitrogens is 1. The van der Waals surface area contributed by atoms with Gasteiger partial charge >= 0.3 is 11.6 Å². The first kappa shape index (κ1) is 20.1. The maximum absolute atomic E-state index is 12.9. The van der Waals surface area contributed by atoms with E-state index in [4.69, 9.17) is 13.9 Å². The summed E-state index contributed by atoms with van der Waals surface area (Å²) in [4.78, 5) is 54.8. The van der Waals surface area contributed by atoms with E-state index >= 15 is 0 Å². The lowest BCUT2D eigenvalue weighted by Gasteiger charge is -2.17. The number of esters is 1. The summed E-state index contributed by atoms with van der Waals surface area (Å²) in [5.41, 5.74) is 0.607. The monoisotopic (exact) mass is 434 g/mol. The van der Waals surface area contributed by atoms with Crippen molar-refractivity contribution >= 4 is 28.7 Å². The van der Waals surface area contributed by atoms with Crippen LogP contribution in [0.3, 0.4) is 0 Å². The van der Waals surface area contributed by atoms with Crippen LogP contribution in [-0.4, -0.2) is 46.9 Å². The molecule has 1 atom stereocenters. The molecule has 2 aliphatic heterocycles. The van der Waals surface area contributed by atoms with Crippen molar-refractivity contribution in [3.63, 3.8) is 0 Å². The summed E-state index contributed by atoms with van der Waals surface area (Å²) >= 11 is 0. The summed E-state index contributed by atoms with van der Waals surface area (Å²) in [5, 5.41) is 0.155. The van der Waals surface area contributed by atoms with Crippen molar-refractivity contribution in [1.82, 2.24) is 9.88 Å². The van der Waals surface area contributed by atoms with Gasteiger partial charge in [-0.15, -0.1) is 0 Å². The van der Waals surface area contributed by atoms with Crippen molar-refractivity contribution in [3.05, 3.63) is 57.9 Å². The Morgan fingerprint density at radius 2 is 1.94 bits per heavy atom. The zero-order valence-corrected chi connectivity index (χ0v) is 17.1. The standard InChI is InChI=1S/C23H18N2O7/c1-12(26)31-14-5-7-19-18(10-14)23(29)32-20(24-19)13-4-6-16-17(9-13)22(28)25(21(16)27)11-15-3-2-8-30-15/h4-7,9-10,15H,2-3,8,11H2,1H3. The highest BCUT2D eigenvalue weighted by atomic mass is 16.5. The second-order valence-corrected chi connectivity index (χ2v) is 7.70. The van der Waals surface area contributed by atoms with Gasteiger partial charge < -0.3 is 13.9 Å². The van der Waals surface area contributed by atoms with E-state index in [-0.39, 0.29) is 41.1 Å². The molecule has 0 aliphatic carbocycles. The van der Waals surface area contributed by atoms with Crippen LogP contribution in [0.2, 0.25) is 0 Å². The van der Waals surface area contributed by atoms with E-state index in [1.807, 2.05) is 0 Å². The Hall–Kier alpha value is -3.85. The van der Waals surface area contributed by atoms with Gasteiger partial charge in [0.2, 0.25) is 5.89 Å². The van der Waals surface area contributed by atoms with Gasteiger partial charge in [0, 0.05) is 19.1 Å². The van der Waals surface area contributed by atoms with Gasteiger partial charge in [-0.2, -0.15) is 0 Å². The molecule has 2 aromatic carbocycles. The van der Waals surface area contributed by atoms with Gasteiger partial charge in [-0.25, -0.2) is 9.78 Å². The average Bonchev–Trinajstić information content (AvgIpc) is 3.36. The number of fused-ring (bicyclic) bond motifs is 2. The van der Waals surface area contributed by atoms with Crippen LogP contribution in [0.5, 0.6) is 5.75 Å². The fourth-order valence-corrected chi connectivity index (χ4v) is 3.99. The third kappa shape index (κ3) is 3.46. The molecule has 0 radical (unpaired) electrons. The van der Waals surface area contributed by atoms with Crippen LogP contribution in [0, 0.1) is 0 Å². The van der Waals surface area contributed by atoms with E-state index < -0.39 is 17.5 Å². The predicted octanol–water partition coefficient (Wildman–Crippen LogP) is 2.56. The molecule has 1 saturated heterocycles. The second-order valence-electron chi connectivity index (χ2n) is 7.70. The Balaban J connectivity index is 1.48. The van der Waals surface area contributed by atoms with Crippen LogP contribution in [0.4, 0.5) is 0 Å². The van der Waals surface area contributed by atoms with Crippen LogP contribution >= 0.6 is 0 Å². The number of ether oxygens (including phenoxy) is 2. The summed E-state index contributed by atoms with van der Waals surface area (Å²) < 4.78 is 15.9. The van der Waals surface area contributed by atoms with Crippen molar-refractivity contribution in [1.29, 1.82) is 0 Å². The number of hydrogen-bond acceptors (Lipinski definition) is 8. The van der Waals surface area contributed by atoms with Crippen molar-refractivity contribution in [2.75, 3.05) is 13.2 Å². The number of rotatable bonds is 4. The highest BCUT2D eigenvalue weighted by Gasteiger charge is 2.37. The van der Waals surface area contributed by atoms with Gasteiger partial charge in [-0.05, 0) is 49.2 Å². The van der Waals surface area contributed by atoms with E-state index in [2.05, 4.69) is 4.98 Å². The Labute approximate surface area is 181 Å². The molecule has 9 nitrogen and oxygen atoms in total. The molecule has 0 saturated carbocycles. The van der Waals surface area contributed by atoms with Gasteiger partial charge in [0.15, 0.2) is 0 Å². The van der Waals surface area contributed by atoms with E-state index in [0.29, 0.717) is 23.3 Å². The number of carbonyl (C=O) groups is 3. The molecule has 1 aromatic heterocycles. The van der Waals surface area contributed by atoms with Gasteiger partial charge in [-0.3, -0.25) is 19.3 Å². The van der Waals surface area contributed by atoms with Crippen molar-refractivity contribution in [2.24, 2.45) is 0 Å². The third-order valence-corrected chi connectivity index (χ3v) is 5.49. The maximum Gasteiger partial charge on any atom is 0.347 e. The molecule has 1 unspecified atom stereocenters. The molecule has 5 rings (SSSR count). The van der Waals surface area contributed by atoms with E-state index in [1.54, 1.807) is 12.1 Å². The zero-order valence-electron chi connectivity index (χ0n) is 17.1. The number of amides is 2. The summed E-state index contributed by atoms with van der Waals surface area (Å²) in [6.45, 7) is 2.11. The molecule has 1 fully saturated rings. The second kappa shape index (κ2) is 7.69. The first-order valence-corrected chi connectivity index (χ1v) is 10.2. The number of imide groups is 1. The largest absolute Gasteiger partial charge is 0.427 e. The van der Waals surface area contributed by atoms with Crippen molar-refractivity contribution < 1.29 is 28.3 Å². The number of nitrogens with zero attached hydrogens (tertiary/aromatic N) is 2. The Morgan fingerprint density at radius 1 is 1.12 bits per heavy atom. The lowest BCUT2D eigenvalue weighted by molar-refractivity contribution is -0.131. The molecule has 3 aromatic rings. The average molecular weight is 434 g/mol. The minimum Gasteiger partial charge on any atom is -0.427 e. The van der Waals surface area contributed by atoms with Crippen LogP contribution in [-0.2, 0) is 9.53 Å². The molecule has 0 N–H and O–H groups in total. The molecule has 9 heteroatoms. The molecule has 0 spiro atoms. The highest BCUT2D eigenvalue weighted by Crippen LogP contribution is 2.29. The van der Waals surface area contributed by atoms with Gasteiger partial charge in [-0.1, -0.05) is 0 Å². The topological polar surface area (TPSA) is 116 Å². The van der Waals surface area contributed by atoms with Crippen LogP contribution < -0.4 is 10.4 Å². The summed E-state index contributed by atoms with van der Waals surface area (Å²) in [5.74, 6) is -1.05. The highest BCUT2D eigenvalue weighted by molar-refractivity contribution is 6.21. The first-order chi connectivity index (χ1) is 15.4. The zero-order chi connectivity index (χ0) is 22.4. The molecule has 2 aliphatic rings. The quantitative estimate of drug-likeness (QED) is 0.349. The Kier molecular flexibility index (Phi) is 4.82. The van der Waals surface area contributed by atoms with E-state index in [0.717, 1.165) is 12.8 Å². The van der Waals surface area contributed by atoms with Crippen molar-refractivity contribution in [3.8, 4) is 17.2 Å². The smallest absolute Gasteiger partial charge is 0.347 e. The minimum absolute atomic E-state index is 0.0170. The molecule has 3 heterocycles. The van der Waals surface area contributed by atoms with Crippen LogP contribution in [0.25, 0.3) is 22.4 Å². The van der Waals surface area contributed by atoms with E-state index in [9.17, 15) is 19.2 Å². The summed E-state index contributed by atoms with van der Waals surface area (Å²) in [6.07, 6.45) is 1.57. The third-order valence-electron chi connectivity index (χ3n) is 5.49. The maximum atomic E-state index is 12.9. The lowest BCUT2D eigenvalue weighted by Crippen LogP contribution is -2.36.